The van der Waals surface area contributed by atoms with Gasteiger partial charge in [0.1, 0.15) is 30.5 Å². The zero-order valence-corrected chi connectivity index (χ0v) is 44.3. The van der Waals surface area contributed by atoms with Crippen LogP contribution in [0.1, 0.15) is 258 Å². The number of rotatable bonds is 50. The van der Waals surface area contributed by atoms with Crippen molar-refractivity contribution in [3.05, 3.63) is 24.3 Å². The average Bonchev–Trinajstić information content (AvgIpc) is 3.31. The third kappa shape index (κ3) is 39.2. The minimum atomic E-state index is -5.06. The van der Waals surface area contributed by atoms with Gasteiger partial charge in [-0.05, 0) is 44.9 Å². The quantitative estimate of drug-likeness (QED) is 0.0196. The molecule has 1 heterocycles. The first-order valence-corrected chi connectivity index (χ1v) is 29.5. The molecule has 0 spiro atoms. The number of carbonyl (C=O) groups excluding carboxylic acids is 1. The Morgan fingerprint density at radius 3 is 1.40 bits per heavy atom. The van der Waals surface area contributed by atoms with E-state index in [1.54, 1.807) is 0 Å². The summed E-state index contributed by atoms with van der Waals surface area (Å²) in [5.41, 5.74) is 0. The van der Waals surface area contributed by atoms with E-state index in [1.807, 2.05) is 0 Å². The summed E-state index contributed by atoms with van der Waals surface area (Å²) < 4.78 is 59.4. The van der Waals surface area contributed by atoms with Gasteiger partial charge in [-0.15, -0.1) is 0 Å². The van der Waals surface area contributed by atoms with Crippen LogP contribution in [0.5, 0.6) is 0 Å². The summed E-state index contributed by atoms with van der Waals surface area (Å²) in [6.07, 6.45) is 46.4. The van der Waals surface area contributed by atoms with E-state index in [9.17, 15) is 33.1 Å². The largest absolute Gasteiger partial charge is 0.457 e. The second-order valence-corrected chi connectivity index (χ2v) is 20.6. The SMILES string of the molecule is CCCCCCC/C=C\C/C=C\CCCCCCCCCCCCCCCC(=O)OC(COCCCCCCCCCCCCCCCCCC)COC1OC(CO)C(O)C(OS(=O)(=O)O)C1O. The molecule has 68 heavy (non-hydrogen) atoms. The first-order chi connectivity index (χ1) is 33.1. The Bertz CT molecular complexity index is 1280. The van der Waals surface area contributed by atoms with Crippen molar-refractivity contribution in [3.8, 4) is 0 Å². The van der Waals surface area contributed by atoms with Crippen LogP contribution in [0, 0.1) is 0 Å². The zero-order valence-electron chi connectivity index (χ0n) is 43.4. The van der Waals surface area contributed by atoms with Gasteiger partial charge in [0.25, 0.3) is 0 Å². The van der Waals surface area contributed by atoms with Crippen LogP contribution in [0.4, 0.5) is 0 Å². The van der Waals surface area contributed by atoms with Gasteiger partial charge in [-0.25, -0.2) is 4.18 Å². The first kappa shape index (κ1) is 64.6. The maximum Gasteiger partial charge on any atom is 0.397 e. The first-order valence-electron chi connectivity index (χ1n) is 28.1. The Labute approximate surface area is 416 Å². The normalized spacial score (nSPS) is 19.4. The Morgan fingerprint density at radius 2 is 0.971 bits per heavy atom. The maximum absolute atomic E-state index is 12.9. The van der Waals surface area contributed by atoms with Crippen molar-refractivity contribution >= 4 is 16.4 Å². The van der Waals surface area contributed by atoms with Crippen LogP contribution in [0.2, 0.25) is 0 Å². The van der Waals surface area contributed by atoms with E-state index in [0.29, 0.717) is 13.0 Å². The molecule has 4 N–H and O–H groups in total. The summed E-state index contributed by atoms with van der Waals surface area (Å²) in [5, 5.41) is 30.8. The third-order valence-corrected chi connectivity index (χ3v) is 13.5. The fraction of sp³-hybridized carbons (Fsp3) is 0.909. The molecular formula is C55H104O12S. The summed E-state index contributed by atoms with van der Waals surface area (Å²) in [5.74, 6) is -0.395. The minimum absolute atomic E-state index is 0.0412. The van der Waals surface area contributed by atoms with Crippen LogP contribution in [-0.4, -0.2) is 97.5 Å². The van der Waals surface area contributed by atoms with Crippen molar-refractivity contribution in [1.29, 1.82) is 0 Å². The smallest absolute Gasteiger partial charge is 0.397 e. The molecule has 0 saturated carbocycles. The second-order valence-electron chi connectivity index (χ2n) is 19.5. The zero-order chi connectivity index (χ0) is 49.6. The lowest BCUT2D eigenvalue weighted by atomic mass is 9.99. The lowest BCUT2D eigenvalue weighted by Crippen LogP contribution is -2.60. The van der Waals surface area contributed by atoms with Crippen molar-refractivity contribution in [3.63, 3.8) is 0 Å². The molecule has 12 nitrogen and oxygen atoms in total. The van der Waals surface area contributed by atoms with Gasteiger partial charge >= 0.3 is 16.4 Å². The summed E-state index contributed by atoms with van der Waals surface area (Å²) in [6, 6.07) is 0. The Hall–Kier alpha value is -1.42. The van der Waals surface area contributed by atoms with Gasteiger partial charge < -0.3 is 34.3 Å². The van der Waals surface area contributed by atoms with Gasteiger partial charge in [0, 0.05) is 13.0 Å². The maximum atomic E-state index is 12.9. The Morgan fingerprint density at radius 1 is 0.559 bits per heavy atom. The molecule has 0 bridgehead atoms. The van der Waals surface area contributed by atoms with E-state index in [4.69, 9.17) is 18.9 Å². The van der Waals surface area contributed by atoms with Crippen molar-refractivity contribution < 1.29 is 56.2 Å². The third-order valence-electron chi connectivity index (χ3n) is 13.1. The molecule has 6 unspecified atom stereocenters. The summed E-state index contributed by atoms with van der Waals surface area (Å²) in [4.78, 5) is 12.9. The Balaban J connectivity index is 2.28. The number of esters is 1. The van der Waals surface area contributed by atoms with Crippen LogP contribution in [-0.2, 0) is 38.3 Å². The standard InChI is InChI=1S/C55H104O12S/c1-3-5-7-9-11-13-15-17-19-21-22-23-24-25-26-27-28-29-30-32-34-36-38-40-42-44-51(57)65-49(48-64-55-53(59)54(67-68(60,61)62)52(58)50(46-56)66-55)47-63-45-43-41-39-37-35-33-31-20-18-16-14-12-10-8-6-4-2/h15,17,21-22,49-50,52-56,58-59H,3-14,16,18-20,23-48H2,1-2H3,(H,60,61,62)/b17-15-,22-21-. The van der Waals surface area contributed by atoms with E-state index in [-0.39, 0.29) is 19.6 Å². The van der Waals surface area contributed by atoms with Gasteiger partial charge in [0.05, 0.1) is 19.8 Å². The minimum Gasteiger partial charge on any atom is -0.457 e. The summed E-state index contributed by atoms with van der Waals surface area (Å²) in [7, 11) is -5.06. The molecule has 402 valence electrons. The van der Waals surface area contributed by atoms with E-state index < -0.39 is 59.8 Å². The van der Waals surface area contributed by atoms with Gasteiger partial charge in [-0.2, -0.15) is 8.42 Å². The molecule has 13 heteroatoms. The second kappa shape index (κ2) is 46.6. The molecule has 0 aromatic carbocycles. The van der Waals surface area contributed by atoms with Gasteiger partial charge in [0.2, 0.25) is 0 Å². The number of carbonyl (C=O) groups is 1. The highest BCUT2D eigenvalue weighted by molar-refractivity contribution is 7.80. The van der Waals surface area contributed by atoms with Gasteiger partial charge in [-0.1, -0.05) is 231 Å². The van der Waals surface area contributed by atoms with Gasteiger partial charge in [0.15, 0.2) is 6.29 Å². The van der Waals surface area contributed by atoms with Crippen molar-refractivity contribution in [2.24, 2.45) is 0 Å². The van der Waals surface area contributed by atoms with Crippen LogP contribution in [0.3, 0.4) is 0 Å². The molecule has 1 rings (SSSR count). The van der Waals surface area contributed by atoms with Crippen LogP contribution in [0.25, 0.3) is 0 Å². The Kier molecular flexibility index (Phi) is 44.3. The van der Waals surface area contributed by atoms with Crippen LogP contribution < -0.4 is 0 Å². The highest BCUT2D eigenvalue weighted by Gasteiger charge is 2.48. The van der Waals surface area contributed by atoms with E-state index in [0.717, 1.165) is 44.9 Å². The van der Waals surface area contributed by atoms with Crippen molar-refractivity contribution in [1.82, 2.24) is 0 Å². The molecule has 0 aromatic rings. The van der Waals surface area contributed by atoms with Crippen LogP contribution >= 0.6 is 0 Å². The lowest BCUT2D eigenvalue weighted by Gasteiger charge is -2.41. The fourth-order valence-corrected chi connectivity index (χ4v) is 9.33. The van der Waals surface area contributed by atoms with E-state index in [2.05, 4.69) is 42.3 Å². The predicted molar refractivity (Wildman–Crippen MR) is 276 cm³/mol. The highest BCUT2D eigenvalue weighted by atomic mass is 32.3. The number of hydrogen-bond donors (Lipinski definition) is 4. The molecule has 1 aliphatic heterocycles. The molecular weight excluding hydrogens is 885 g/mol. The fourth-order valence-electron chi connectivity index (χ4n) is 8.82. The van der Waals surface area contributed by atoms with Gasteiger partial charge in [-0.3, -0.25) is 9.35 Å². The molecule has 0 amide bonds. The topological polar surface area (TPSA) is 178 Å². The molecule has 0 aromatic heterocycles. The number of aliphatic hydroxyl groups excluding tert-OH is 3. The molecule has 0 radical (unpaired) electrons. The molecule has 1 aliphatic rings. The predicted octanol–water partition coefficient (Wildman–Crippen LogP) is 13.5. The van der Waals surface area contributed by atoms with Crippen molar-refractivity contribution in [2.75, 3.05) is 26.4 Å². The highest BCUT2D eigenvalue weighted by Crippen LogP contribution is 2.26. The molecule has 6 atom stereocenters. The van der Waals surface area contributed by atoms with Crippen LogP contribution in [0.15, 0.2) is 24.3 Å². The number of aliphatic hydroxyl groups is 3. The number of allylic oxidation sites excluding steroid dienone is 4. The van der Waals surface area contributed by atoms with E-state index in [1.165, 1.54) is 186 Å². The number of ether oxygens (including phenoxy) is 4. The lowest BCUT2D eigenvalue weighted by molar-refractivity contribution is -0.301. The molecule has 1 saturated heterocycles. The number of hydrogen-bond acceptors (Lipinski definition) is 11. The van der Waals surface area contributed by atoms with Crippen molar-refractivity contribution in [2.45, 2.75) is 295 Å². The molecule has 0 aliphatic carbocycles. The summed E-state index contributed by atoms with van der Waals surface area (Å²) >= 11 is 0. The monoisotopic (exact) mass is 989 g/mol. The molecule has 1 fully saturated rings. The number of unbranched alkanes of at least 4 members (excludes halogenated alkanes) is 33. The summed E-state index contributed by atoms with van der Waals surface area (Å²) in [6.45, 7) is 4.04. The van der Waals surface area contributed by atoms with E-state index >= 15 is 0 Å². The average molecular weight is 989 g/mol.